The third-order valence-corrected chi connectivity index (χ3v) is 3.08. The molecule has 1 aliphatic heterocycles. The van der Waals surface area contributed by atoms with Crippen LogP contribution < -0.4 is 0 Å². The molecular weight excluding hydrogens is 207 g/mol. The zero-order chi connectivity index (χ0) is 11.0. The van der Waals surface area contributed by atoms with E-state index in [0.29, 0.717) is 5.58 Å². The first-order valence-electron chi connectivity index (χ1n) is 5.59. The van der Waals surface area contributed by atoms with Gasteiger partial charge in [0, 0.05) is 18.0 Å². The van der Waals surface area contributed by atoms with E-state index in [2.05, 4.69) is 10.1 Å². The number of likely N-dealkylation sites (tertiary alicyclic amines) is 1. The Labute approximate surface area is 92.8 Å². The maximum atomic E-state index is 13.0. The highest BCUT2D eigenvalue weighted by Gasteiger charge is 2.16. The quantitative estimate of drug-likeness (QED) is 0.779. The Morgan fingerprint density at radius 2 is 2.12 bits per heavy atom. The van der Waals surface area contributed by atoms with Crippen LogP contribution in [-0.2, 0) is 6.54 Å². The minimum absolute atomic E-state index is 0.281. The molecule has 0 atom stereocenters. The van der Waals surface area contributed by atoms with Gasteiger partial charge in [-0.3, -0.25) is 4.90 Å². The molecule has 1 saturated heterocycles. The van der Waals surface area contributed by atoms with Crippen molar-refractivity contribution in [2.45, 2.75) is 19.4 Å². The summed E-state index contributed by atoms with van der Waals surface area (Å²) < 4.78 is 18.1. The van der Waals surface area contributed by atoms with E-state index in [4.69, 9.17) is 4.52 Å². The molecule has 16 heavy (non-hydrogen) atoms. The second-order valence-electron chi connectivity index (χ2n) is 4.25. The van der Waals surface area contributed by atoms with Crippen molar-refractivity contribution in [3.8, 4) is 0 Å². The molecule has 3 rings (SSSR count). The molecule has 0 bridgehead atoms. The fraction of sp³-hybridized carbons (Fsp3) is 0.417. The van der Waals surface area contributed by atoms with E-state index in [1.807, 2.05) is 0 Å². The maximum absolute atomic E-state index is 13.0. The molecule has 2 aromatic rings. The Balaban J connectivity index is 1.91. The lowest BCUT2D eigenvalue weighted by molar-refractivity contribution is 0.317. The second-order valence-corrected chi connectivity index (χ2v) is 4.25. The monoisotopic (exact) mass is 220 g/mol. The first kappa shape index (κ1) is 9.78. The molecule has 0 saturated carbocycles. The van der Waals surface area contributed by atoms with Gasteiger partial charge in [0.15, 0.2) is 5.58 Å². The number of nitrogens with zero attached hydrogens (tertiary/aromatic N) is 2. The van der Waals surface area contributed by atoms with Crippen LogP contribution in [-0.4, -0.2) is 23.1 Å². The van der Waals surface area contributed by atoms with Crippen molar-refractivity contribution in [2.24, 2.45) is 0 Å². The van der Waals surface area contributed by atoms with Crippen LogP contribution in [0, 0.1) is 5.82 Å². The summed E-state index contributed by atoms with van der Waals surface area (Å²) >= 11 is 0. The Hall–Kier alpha value is -1.42. The molecule has 4 heteroatoms. The van der Waals surface area contributed by atoms with Crippen molar-refractivity contribution >= 4 is 11.0 Å². The third-order valence-electron chi connectivity index (χ3n) is 3.08. The normalized spacial score (nSPS) is 17.3. The molecule has 0 spiro atoms. The van der Waals surface area contributed by atoms with Crippen LogP contribution in [0.25, 0.3) is 11.0 Å². The van der Waals surface area contributed by atoms with Crippen molar-refractivity contribution in [1.82, 2.24) is 10.1 Å². The molecule has 0 radical (unpaired) electrons. The van der Waals surface area contributed by atoms with Gasteiger partial charge in [0.1, 0.15) is 11.5 Å². The Bertz CT molecular complexity index is 503. The van der Waals surface area contributed by atoms with Gasteiger partial charge < -0.3 is 4.52 Å². The summed E-state index contributed by atoms with van der Waals surface area (Å²) in [5.74, 6) is -0.281. The Morgan fingerprint density at radius 3 is 2.94 bits per heavy atom. The number of hydrogen-bond donors (Lipinski definition) is 0. The predicted octanol–water partition coefficient (Wildman–Crippen LogP) is 2.56. The molecule has 0 amide bonds. The number of benzene rings is 1. The molecule has 0 unspecified atom stereocenters. The Kier molecular flexibility index (Phi) is 2.36. The molecular formula is C12H13FN2O. The fourth-order valence-electron chi connectivity index (χ4n) is 2.23. The standard InChI is InChI=1S/C12H13FN2O/c13-9-3-4-10-11(14-16-12(10)7-9)8-15-5-1-2-6-15/h3-4,7H,1-2,5-6,8H2. The SMILES string of the molecule is Fc1ccc2c(CN3CCCC3)noc2c1. The number of rotatable bonds is 2. The molecule has 3 nitrogen and oxygen atoms in total. The van der Waals surface area contributed by atoms with E-state index in [1.165, 1.54) is 25.0 Å². The summed E-state index contributed by atoms with van der Waals surface area (Å²) in [6, 6.07) is 4.58. The van der Waals surface area contributed by atoms with Gasteiger partial charge in [-0.05, 0) is 38.1 Å². The van der Waals surface area contributed by atoms with Gasteiger partial charge in [0.2, 0.25) is 0 Å². The van der Waals surface area contributed by atoms with Crippen LogP contribution in [0.1, 0.15) is 18.5 Å². The van der Waals surface area contributed by atoms with E-state index >= 15 is 0 Å². The van der Waals surface area contributed by atoms with E-state index in [1.54, 1.807) is 6.07 Å². The molecule has 1 aromatic heterocycles. The highest BCUT2D eigenvalue weighted by molar-refractivity contribution is 5.79. The lowest BCUT2D eigenvalue weighted by Gasteiger charge is -2.11. The number of halogens is 1. The average molecular weight is 220 g/mol. The zero-order valence-corrected chi connectivity index (χ0v) is 8.95. The zero-order valence-electron chi connectivity index (χ0n) is 8.95. The van der Waals surface area contributed by atoms with Crippen LogP contribution in [0.4, 0.5) is 4.39 Å². The van der Waals surface area contributed by atoms with Gasteiger partial charge in [0.05, 0.1) is 0 Å². The number of fused-ring (bicyclic) bond motifs is 1. The summed E-state index contributed by atoms with van der Waals surface area (Å²) in [5, 5.41) is 4.94. The molecule has 0 N–H and O–H groups in total. The van der Waals surface area contributed by atoms with Crippen molar-refractivity contribution in [2.75, 3.05) is 13.1 Å². The van der Waals surface area contributed by atoms with E-state index in [0.717, 1.165) is 30.7 Å². The number of aromatic nitrogens is 1. The van der Waals surface area contributed by atoms with Crippen LogP contribution in [0.5, 0.6) is 0 Å². The van der Waals surface area contributed by atoms with Gasteiger partial charge in [-0.2, -0.15) is 0 Å². The predicted molar refractivity (Wildman–Crippen MR) is 58.5 cm³/mol. The molecule has 84 valence electrons. The highest BCUT2D eigenvalue weighted by atomic mass is 19.1. The van der Waals surface area contributed by atoms with Crippen LogP contribution in [0.2, 0.25) is 0 Å². The summed E-state index contributed by atoms with van der Waals surface area (Å²) in [6.45, 7) is 3.05. The maximum Gasteiger partial charge on any atom is 0.170 e. The molecule has 0 aliphatic carbocycles. The van der Waals surface area contributed by atoms with E-state index in [-0.39, 0.29) is 5.82 Å². The van der Waals surface area contributed by atoms with Crippen LogP contribution in [0.3, 0.4) is 0 Å². The summed E-state index contributed by atoms with van der Waals surface area (Å²) in [5.41, 5.74) is 1.45. The highest BCUT2D eigenvalue weighted by Crippen LogP contribution is 2.22. The first-order valence-corrected chi connectivity index (χ1v) is 5.59. The molecule has 1 aromatic carbocycles. The first-order chi connectivity index (χ1) is 7.83. The largest absolute Gasteiger partial charge is 0.356 e. The van der Waals surface area contributed by atoms with Gasteiger partial charge in [0.25, 0.3) is 0 Å². The average Bonchev–Trinajstić information content (AvgIpc) is 2.89. The number of hydrogen-bond acceptors (Lipinski definition) is 3. The van der Waals surface area contributed by atoms with Gasteiger partial charge in [-0.25, -0.2) is 4.39 Å². The topological polar surface area (TPSA) is 29.3 Å². The van der Waals surface area contributed by atoms with Crippen molar-refractivity contribution in [3.63, 3.8) is 0 Å². The minimum Gasteiger partial charge on any atom is -0.356 e. The fourth-order valence-corrected chi connectivity index (χ4v) is 2.23. The van der Waals surface area contributed by atoms with Crippen molar-refractivity contribution in [1.29, 1.82) is 0 Å². The van der Waals surface area contributed by atoms with Crippen molar-refractivity contribution < 1.29 is 8.91 Å². The van der Waals surface area contributed by atoms with Crippen LogP contribution in [0.15, 0.2) is 22.7 Å². The third kappa shape index (κ3) is 1.69. The summed E-state index contributed by atoms with van der Waals surface area (Å²) in [6.07, 6.45) is 2.51. The smallest absolute Gasteiger partial charge is 0.170 e. The van der Waals surface area contributed by atoms with Crippen LogP contribution >= 0.6 is 0 Å². The minimum atomic E-state index is -0.281. The van der Waals surface area contributed by atoms with Gasteiger partial charge >= 0.3 is 0 Å². The van der Waals surface area contributed by atoms with E-state index < -0.39 is 0 Å². The van der Waals surface area contributed by atoms with E-state index in [9.17, 15) is 4.39 Å². The molecule has 2 heterocycles. The summed E-state index contributed by atoms with van der Waals surface area (Å²) in [4.78, 5) is 2.35. The molecule has 1 aliphatic rings. The van der Waals surface area contributed by atoms with Crippen molar-refractivity contribution in [3.05, 3.63) is 29.7 Å². The lowest BCUT2D eigenvalue weighted by Crippen LogP contribution is -2.18. The molecule has 1 fully saturated rings. The Morgan fingerprint density at radius 1 is 1.31 bits per heavy atom. The van der Waals surface area contributed by atoms with Gasteiger partial charge in [-0.1, -0.05) is 5.16 Å². The second kappa shape index (κ2) is 3.87. The summed E-state index contributed by atoms with van der Waals surface area (Å²) in [7, 11) is 0. The lowest BCUT2D eigenvalue weighted by atomic mass is 10.2. The van der Waals surface area contributed by atoms with Gasteiger partial charge in [-0.15, -0.1) is 0 Å².